The van der Waals surface area contributed by atoms with E-state index in [1.54, 1.807) is 0 Å². The quantitative estimate of drug-likeness (QED) is 0.366. The van der Waals surface area contributed by atoms with Crippen LogP contribution in [0.1, 0.15) is 6.42 Å². The number of hydrogen-bond acceptors (Lipinski definition) is 4. The maximum Gasteiger partial charge on any atom is 0.334 e. The predicted molar refractivity (Wildman–Crippen MR) is 45.6 cm³/mol. The molecule has 1 aliphatic heterocycles. The molecular formula is C7H15N3O3. The van der Waals surface area contributed by atoms with Crippen molar-refractivity contribution in [2.24, 2.45) is 5.84 Å². The lowest BCUT2D eigenvalue weighted by Gasteiger charge is -2.33. The summed E-state index contributed by atoms with van der Waals surface area (Å²) in [6.45, 7) is 0.936. The van der Waals surface area contributed by atoms with Crippen molar-refractivity contribution >= 4 is 6.03 Å². The Labute approximate surface area is 76.5 Å². The minimum atomic E-state index is -0.879. The van der Waals surface area contributed by atoms with Crippen molar-refractivity contribution in [1.29, 1.82) is 0 Å². The number of rotatable bonds is 3. The molecule has 0 aliphatic carbocycles. The van der Waals surface area contributed by atoms with E-state index in [1.165, 1.54) is 4.90 Å². The van der Waals surface area contributed by atoms with E-state index in [2.05, 4.69) is 0 Å². The van der Waals surface area contributed by atoms with Crippen LogP contribution in [-0.4, -0.2) is 58.5 Å². The number of hydrazine groups is 1. The molecule has 2 amide bonds. The van der Waals surface area contributed by atoms with Gasteiger partial charge < -0.3 is 15.1 Å². The van der Waals surface area contributed by atoms with Gasteiger partial charge in [0.2, 0.25) is 0 Å². The zero-order valence-corrected chi connectivity index (χ0v) is 7.39. The number of nitrogens with two attached hydrogens (primary N) is 1. The lowest BCUT2D eigenvalue weighted by molar-refractivity contribution is 0.0523. The third-order valence-corrected chi connectivity index (χ3v) is 1.99. The number of aliphatic hydroxyl groups is 2. The molecular weight excluding hydrogens is 174 g/mol. The minimum Gasteiger partial charge on any atom is -0.394 e. The van der Waals surface area contributed by atoms with Crippen molar-refractivity contribution in [1.82, 2.24) is 9.91 Å². The Hall–Kier alpha value is -0.850. The largest absolute Gasteiger partial charge is 0.394 e. The number of urea groups is 1. The molecule has 1 atom stereocenters. The lowest BCUT2D eigenvalue weighted by Crippen LogP contribution is -2.54. The Morgan fingerprint density at radius 2 is 2.23 bits per heavy atom. The fourth-order valence-corrected chi connectivity index (χ4v) is 1.29. The van der Waals surface area contributed by atoms with Gasteiger partial charge in [-0.3, -0.25) is 5.01 Å². The van der Waals surface area contributed by atoms with Gasteiger partial charge in [0, 0.05) is 13.1 Å². The van der Waals surface area contributed by atoms with Gasteiger partial charge in [-0.2, -0.15) is 0 Å². The molecule has 1 rings (SSSR count). The molecule has 0 bridgehead atoms. The van der Waals surface area contributed by atoms with Gasteiger partial charge in [0.15, 0.2) is 0 Å². The van der Waals surface area contributed by atoms with Crippen molar-refractivity contribution in [2.45, 2.75) is 12.5 Å². The van der Waals surface area contributed by atoms with Crippen LogP contribution in [-0.2, 0) is 0 Å². The van der Waals surface area contributed by atoms with Gasteiger partial charge in [0.1, 0.15) is 0 Å². The molecule has 4 N–H and O–H groups in total. The molecule has 1 unspecified atom stereocenters. The van der Waals surface area contributed by atoms with Crippen molar-refractivity contribution in [3.05, 3.63) is 0 Å². The van der Waals surface area contributed by atoms with Crippen LogP contribution in [0.25, 0.3) is 0 Å². The van der Waals surface area contributed by atoms with Crippen molar-refractivity contribution in [3.63, 3.8) is 0 Å². The van der Waals surface area contributed by atoms with Crippen LogP contribution >= 0.6 is 0 Å². The summed E-state index contributed by atoms with van der Waals surface area (Å²) in [5, 5.41) is 18.8. The fraction of sp³-hybridized carbons (Fsp3) is 0.857. The van der Waals surface area contributed by atoms with Crippen molar-refractivity contribution in [2.75, 3.05) is 26.2 Å². The molecule has 0 saturated carbocycles. The average Bonchev–Trinajstić information content (AvgIpc) is 2.13. The van der Waals surface area contributed by atoms with Crippen LogP contribution < -0.4 is 5.84 Å². The van der Waals surface area contributed by atoms with Gasteiger partial charge in [0.25, 0.3) is 0 Å². The van der Waals surface area contributed by atoms with Crippen LogP contribution in [0.3, 0.4) is 0 Å². The van der Waals surface area contributed by atoms with E-state index in [9.17, 15) is 4.79 Å². The second-order valence-electron chi connectivity index (χ2n) is 3.11. The molecule has 76 valence electrons. The molecule has 0 aromatic carbocycles. The number of aliphatic hydroxyl groups excluding tert-OH is 2. The highest BCUT2D eigenvalue weighted by Gasteiger charge is 2.24. The Balaban J connectivity index is 2.44. The Morgan fingerprint density at radius 3 is 2.85 bits per heavy atom. The minimum absolute atomic E-state index is 0.142. The number of carbonyl (C=O) groups excluding carboxylic acids is 1. The number of carbonyl (C=O) groups is 1. The Bertz CT molecular complexity index is 188. The summed E-state index contributed by atoms with van der Waals surface area (Å²) < 4.78 is 0. The summed E-state index contributed by atoms with van der Waals surface area (Å²) in [5.74, 6) is 5.38. The summed E-state index contributed by atoms with van der Waals surface area (Å²) in [7, 11) is 0. The zero-order chi connectivity index (χ0) is 9.84. The van der Waals surface area contributed by atoms with E-state index in [-0.39, 0.29) is 19.2 Å². The van der Waals surface area contributed by atoms with Gasteiger partial charge in [-0.15, -0.1) is 0 Å². The summed E-state index contributed by atoms with van der Waals surface area (Å²) >= 11 is 0. The van der Waals surface area contributed by atoms with Crippen molar-refractivity contribution < 1.29 is 15.0 Å². The molecule has 6 heteroatoms. The number of nitrogens with zero attached hydrogens (tertiary/aromatic N) is 2. The third-order valence-electron chi connectivity index (χ3n) is 1.99. The van der Waals surface area contributed by atoms with E-state index in [1.807, 2.05) is 0 Å². The average molecular weight is 189 g/mol. The first-order valence-corrected chi connectivity index (χ1v) is 4.25. The van der Waals surface area contributed by atoms with Crippen LogP contribution in [0.15, 0.2) is 0 Å². The van der Waals surface area contributed by atoms with Crippen LogP contribution in [0.5, 0.6) is 0 Å². The van der Waals surface area contributed by atoms with Gasteiger partial charge in [-0.1, -0.05) is 0 Å². The van der Waals surface area contributed by atoms with Crippen LogP contribution in [0.4, 0.5) is 4.79 Å². The first kappa shape index (κ1) is 10.2. The monoisotopic (exact) mass is 189 g/mol. The Morgan fingerprint density at radius 1 is 1.54 bits per heavy atom. The molecule has 0 aromatic heterocycles. The molecule has 1 fully saturated rings. The summed E-state index contributed by atoms with van der Waals surface area (Å²) in [6, 6.07) is -0.293. The normalized spacial score (nSPS) is 20.7. The molecule has 1 heterocycles. The second-order valence-corrected chi connectivity index (χ2v) is 3.11. The van der Waals surface area contributed by atoms with Gasteiger partial charge in [-0.05, 0) is 6.42 Å². The van der Waals surface area contributed by atoms with Crippen LogP contribution in [0.2, 0.25) is 0 Å². The highest BCUT2D eigenvalue weighted by atomic mass is 16.3. The van der Waals surface area contributed by atoms with Gasteiger partial charge in [-0.25, -0.2) is 10.6 Å². The predicted octanol–water partition coefficient (Wildman–Crippen LogP) is -1.66. The SMILES string of the molecule is NN1CCCN(CC(O)CO)C1=O. The molecule has 0 spiro atoms. The number of hydrogen-bond donors (Lipinski definition) is 3. The first-order valence-electron chi connectivity index (χ1n) is 4.25. The maximum absolute atomic E-state index is 11.3. The maximum atomic E-state index is 11.3. The van der Waals surface area contributed by atoms with Crippen molar-refractivity contribution in [3.8, 4) is 0 Å². The molecule has 1 aliphatic rings. The van der Waals surface area contributed by atoms with E-state index >= 15 is 0 Å². The van der Waals surface area contributed by atoms with Gasteiger partial charge in [0.05, 0.1) is 19.3 Å². The standard InChI is InChI=1S/C7H15N3O3/c8-10-3-1-2-9(7(10)13)4-6(12)5-11/h6,11-12H,1-5,8H2. The summed E-state index contributed by atoms with van der Waals surface area (Å²) in [4.78, 5) is 12.7. The molecule has 0 aromatic rings. The lowest BCUT2D eigenvalue weighted by atomic mass is 10.3. The highest BCUT2D eigenvalue weighted by molar-refractivity contribution is 5.74. The summed E-state index contributed by atoms with van der Waals surface area (Å²) in [5.41, 5.74) is 0. The fourth-order valence-electron chi connectivity index (χ4n) is 1.29. The number of amides is 2. The van der Waals surface area contributed by atoms with Crippen LogP contribution in [0, 0.1) is 0 Å². The number of β-amino-alcohol motifs (C(OH)–C–C–N with tert-alkyl or cyclic N) is 1. The summed E-state index contributed by atoms with van der Waals surface area (Å²) in [6.07, 6.45) is -0.0872. The molecule has 13 heavy (non-hydrogen) atoms. The topological polar surface area (TPSA) is 90.0 Å². The Kier molecular flexibility index (Phi) is 3.47. The van der Waals surface area contributed by atoms with E-state index in [0.717, 1.165) is 11.4 Å². The molecule has 0 radical (unpaired) electrons. The molecule has 1 saturated heterocycles. The highest BCUT2D eigenvalue weighted by Crippen LogP contribution is 2.05. The van der Waals surface area contributed by atoms with E-state index in [4.69, 9.17) is 16.1 Å². The van der Waals surface area contributed by atoms with Gasteiger partial charge >= 0.3 is 6.03 Å². The zero-order valence-electron chi connectivity index (χ0n) is 7.39. The molecule has 6 nitrogen and oxygen atoms in total. The second kappa shape index (κ2) is 4.40. The first-order chi connectivity index (χ1) is 6.15. The van der Waals surface area contributed by atoms with E-state index in [0.29, 0.717) is 13.1 Å². The smallest absolute Gasteiger partial charge is 0.334 e. The third kappa shape index (κ3) is 2.55. The van der Waals surface area contributed by atoms with E-state index < -0.39 is 6.10 Å².